The molecular formula is C12H22N4O4S. The number of nitrogens with one attached hydrogen (secondary N) is 1. The molecule has 0 aliphatic carbocycles. The first-order valence-electron chi connectivity index (χ1n) is 6.47. The van der Waals surface area contributed by atoms with Crippen molar-refractivity contribution in [3.63, 3.8) is 0 Å². The van der Waals surface area contributed by atoms with E-state index in [4.69, 9.17) is 5.11 Å². The minimum Gasteiger partial charge on any atom is -0.480 e. The van der Waals surface area contributed by atoms with Gasteiger partial charge in [0, 0.05) is 12.6 Å². The zero-order valence-corrected chi connectivity index (χ0v) is 13.7. The standard InChI is InChI=1S/C12H22N4O4S/c1-8(6-15(4)5)14-21(19,20)12-9(2)13-16(10(12)3)7-11(17)18/h8,14H,6-7H2,1-5H3,(H,17,18). The number of rotatable bonds is 7. The van der Waals surface area contributed by atoms with Gasteiger partial charge in [0.05, 0.1) is 11.4 Å². The van der Waals surface area contributed by atoms with Crippen molar-refractivity contribution in [2.45, 2.75) is 38.3 Å². The monoisotopic (exact) mass is 318 g/mol. The second kappa shape index (κ2) is 6.54. The van der Waals surface area contributed by atoms with Crippen LogP contribution in [0.5, 0.6) is 0 Å². The predicted molar refractivity (Wildman–Crippen MR) is 77.7 cm³/mol. The van der Waals surface area contributed by atoms with Gasteiger partial charge in [-0.05, 0) is 34.9 Å². The molecule has 2 N–H and O–H groups in total. The Morgan fingerprint density at radius 1 is 1.43 bits per heavy atom. The van der Waals surface area contributed by atoms with Gasteiger partial charge in [0.2, 0.25) is 10.0 Å². The lowest BCUT2D eigenvalue weighted by Crippen LogP contribution is -2.39. The largest absolute Gasteiger partial charge is 0.480 e. The van der Waals surface area contributed by atoms with Gasteiger partial charge in [-0.25, -0.2) is 13.1 Å². The van der Waals surface area contributed by atoms with Crippen LogP contribution in [0.4, 0.5) is 0 Å². The Morgan fingerprint density at radius 3 is 2.48 bits per heavy atom. The first-order valence-corrected chi connectivity index (χ1v) is 7.95. The molecule has 8 nitrogen and oxygen atoms in total. The summed E-state index contributed by atoms with van der Waals surface area (Å²) >= 11 is 0. The van der Waals surface area contributed by atoms with Crippen molar-refractivity contribution in [1.82, 2.24) is 19.4 Å². The minimum atomic E-state index is -3.73. The van der Waals surface area contributed by atoms with Gasteiger partial charge in [-0.1, -0.05) is 0 Å². The van der Waals surface area contributed by atoms with Gasteiger partial charge in [0.15, 0.2) is 0 Å². The highest BCUT2D eigenvalue weighted by atomic mass is 32.2. The van der Waals surface area contributed by atoms with E-state index in [1.165, 1.54) is 4.68 Å². The van der Waals surface area contributed by atoms with Gasteiger partial charge in [0.25, 0.3) is 0 Å². The van der Waals surface area contributed by atoms with Crippen molar-refractivity contribution in [1.29, 1.82) is 0 Å². The lowest BCUT2D eigenvalue weighted by atomic mass is 10.3. The third kappa shape index (κ3) is 4.51. The lowest BCUT2D eigenvalue weighted by molar-refractivity contribution is -0.137. The molecule has 0 aliphatic heterocycles. The zero-order chi connectivity index (χ0) is 16.4. The molecule has 1 rings (SSSR count). The maximum Gasteiger partial charge on any atom is 0.325 e. The summed E-state index contributed by atoms with van der Waals surface area (Å²) in [5.41, 5.74) is 0.609. The Balaban J connectivity index is 3.09. The van der Waals surface area contributed by atoms with Crippen molar-refractivity contribution >= 4 is 16.0 Å². The molecule has 0 aromatic carbocycles. The highest BCUT2D eigenvalue weighted by Gasteiger charge is 2.26. The molecule has 1 atom stereocenters. The normalized spacial score (nSPS) is 13.6. The molecule has 21 heavy (non-hydrogen) atoms. The van der Waals surface area contributed by atoms with E-state index in [1.807, 2.05) is 19.0 Å². The van der Waals surface area contributed by atoms with Crippen LogP contribution in [0.25, 0.3) is 0 Å². The first kappa shape index (κ1) is 17.6. The van der Waals surface area contributed by atoms with E-state index < -0.39 is 16.0 Å². The summed E-state index contributed by atoms with van der Waals surface area (Å²) in [5, 5.41) is 12.8. The van der Waals surface area contributed by atoms with Crippen molar-refractivity contribution in [3.8, 4) is 0 Å². The molecule has 120 valence electrons. The second-order valence-electron chi connectivity index (χ2n) is 5.34. The summed E-state index contributed by atoms with van der Waals surface area (Å²) in [6.07, 6.45) is 0. The van der Waals surface area contributed by atoms with E-state index in [0.717, 1.165) is 0 Å². The fraction of sp³-hybridized carbons (Fsp3) is 0.667. The molecule has 1 aromatic heterocycles. The van der Waals surface area contributed by atoms with Crippen LogP contribution in [-0.2, 0) is 21.4 Å². The number of likely N-dealkylation sites (N-methyl/N-ethyl adjacent to an activating group) is 1. The Hall–Kier alpha value is -1.45. The molecule has 9 heteroatoms. The van der Waals surface area contributed by atoms with Crippen molar-refractivity contribution in [2.75, 3.05) is 20.6 Å². The van der Waals surface area contributed by atoms with Gasteiger partial charge < -0.3 is 10.0 Å². The Bertz CT molecular complexity index is 621. The van der Waals surface area contributed by atoms with E-state index in [-0.39, 0.29) is 17.5 Å². The Morgan fingerprint density at radius 2 is 2.00 bits per heavy atom. The summed E-state index contributed by atoms with van der Waals surface area (Å²) < 4.78 is 28.6. The fourth-order valence-corrected chi connectivity index (χ4v) is 3.91. The third-order valence-corrected chi connectivity index (χ3v) is 4.71. The lowest BCUT2D eigenvalue weighted by Gasteiger charge is -2.18. The van der Waals surface area contributed by atoms with Crippen molar-refractivity contribution in [2.24, 2.45) is 0 Å². The number of nitrogens with zero attached hydrogens (tertiary/aromatic N) is 3. The summed E-state index contributed by atoms with van der Waals surface area (Å²) in [6.45, 7) is 5.06. The first-order chi connectivity index (χ1) is 9.54. The summed E-state index contributed by atoms with van der Waals surface area (Å²) in [6, 6.07) is -0.272. The molecule has 0 radical (unpaired) electrons. The number of hydrogen-bond acceptors (Lipinski definition) is 5. The van der Waals surface area contributed by atoms with Crippen LogP contribution in [0.15, 0.2) is 4.90 Å². The topological polar surface area (TPSA) is 105 Å². The number of aliphatic carboxylic acids is 1. The van der Waals surface area contributed by atoms with E-state index in [1.54, 1.807) is 20.8 Å². The van der Waals surface area contributed by atoms with Crippen LogP contribution in [0, 0.1) is 13.8 Å². The van der Waals surface area contributed by atoms with Gasteiger partial charge in [-0.15, -0.1) is 0 Å². The van der Waals surface area contributed by atoms with Gasteiger partial charge in [0.1, 0.15) is 11.4 Å². The van der Waals surface area contributed by atoms with Crippen molar-refractivity contribution in [3.05, 3.63) is 11.4 Å². The highest BCUT2D eigenvalue weighted by molar-refractivity contribution is 7.89. The van der Waals surface area contributed by atoms with E-state index >= 15 is 0 Å². The van der Waals surface area contributed by atoms with E-state index in [9.17, 15) is 13.2 Å². The minimum absolute atomic E-state index is 0.0503. The average Bonchev–Trinajstić information content (AvgIpc) is 2.50. The van der Waals surface area contributed by atoms with Gasteiger partial charge >= 0.3 is 5.97 Å². The molecule has 0 aliphatic rings. The predicted octanol–water partition coefficient (Wildman–Crippen LogP) is -0.187. The fourth-order valence-electron chi connectivity index (χ4n) is 2.26. The van der Waals surface area contributed by atoms with Crippen LogP contribution in [0.3, 0.4) is 0 Å². The molecule has 0 saturated carbocycles. The second-order valence-corrected chi connectivity index (χ2v) is 6.99. The SMILES string of the molecule is Cc1nn(CC(=O)O)c(C)c1S(=O)(=O)NC(C)CN(C)C. The maximum absolute atomic E-state index is 12.4. The van der Waals surface area contributed by atoms with Crippen LogP contribution < -0.4 is 4.72 Å². The quantitative estimate of drug-likeness (QED) is 0.722. The summed E-state index contributed by atoms with van der Waals surface area (Å²) in [7, 11) is -0.0276. The average molecular weight is 318 g/mol. The number of aromatic nitrogens is 2. The molecule has 0 bridgehead atoms. The number of sulfonamides is 1. The van der Waals surface area contributed by atoms with Gasteiger partial charge in [-0.2, -0.15) is 5.10 Å². The molecule has 0 amide bonds. The number of hydrogen-bond donors (Lipinski definition) is 2. The smallest absolute Gasteiger partial charge is 0.325 e. The molecule has 1 unspecified atom stereocenters. The van der Waals surface area contributed by atoms with Crippen LogP contribution in [0.1, 0.15) is 18.3 Å². The summed E-state index contributed by atoms with van der Waals surface area (Å²) in [4.78, 5) is 12.7. The van der Waals surface area contributed by atoms with Gasteiger partial charge in [-0.3, -0.25) is 9.48 Å². The Kier molecular flexibility index (Phi) is 5.48. The third-order valence-electron chi connectivity index (χ3n) is 2.86. The number of carboxylic acid groups (broad SMARTS) is 1. The zero-order valence-electron chi connectivity index (χ0n) is 12.9. The van der Waals surface area contributed by atoms with Crippen LogP contribution >= 0.6 is 0 Å². The van der Waals surface area contributed by atoms with Crippen LogP contribution in [-0.4, -0.2) is 60.9 Å². The van der Waals surface area contributed by atoms with Crippen molar-refractivity contribution < 1.29 is 18.3 Å². The van der Waals surface area contributed by atoms with E-state index in [2.05, 4.69) is 9.82 Å². The Labute approximate surface area is 124 Å². The summed E-state index contributed by atoms with van der Waals surface area (Å²) in [5.74, 6) is -1.07. The molecule has 0 saturated heterocycles. The number of carbonyl (C=O) groups is 1. The molecular weight excluding hydrogens is 296 g/mol. The molecule has 1 aromatic rings. The number of aryl methyl sites for hydroxylation is 1. The van der Waals surface area contributed by atoms with E-state index in [0.29, 0.717) is 17.9 Å². The van der Waals surface area contributed by atoms with Crippen LogP contribution in [0.2, 0.25) is 0 Å². The number of carboxylic acids is 1. The molecule has 0 spiro atoms. The maximum atomic E-state index is 12.4. The molecule has 0 fully saturated rings. The highest BCUT2D eigenvalue weighted by Crippen LogP contribution is 2.19. The molecule has 1 heterocycles.